The van der Waals surface area contributed by atoms with E-state index in [-0.39, 0.29) is 10.2 Å². The molecule has 28 heavy (non-hydrogen) atoms. The van der Waals surface area contributed by atoms with Crippen LogP contribution < -0.4 is 15.9 Å². The van der Waals surface area contributed by atoms with E-state index in [1.807, 2.05) is 12.1 Å². The number of hydrogen-bond acceptors (Lipinski definition) is 3. The number of rotatable bonds is 4. The molecule has 4 aromatic carbocycles. The minimum Gasteiger partial charge on any atom is -0.309 e. The van der Waals surface area contributed by atoms with Crippen molar-refractivity contribution < 1.29 is 17.5 Å². The highest BCUT2D eigenvalue weighted by molar-refractivity contribution is 7.90. The van der Waals surface area contributed by atoms with Crippen molar-refractivity contribution in [3.8, 4) is 0 Å². The molecule has 4 aromatic rings. The molecule has 0 unspecified atom stereocenters. The molecule has 0 aromatic heterocycles. The normalized spacial score (nSPS) is 12.2. The lowest BCUT2D eigenvalue weighted by Crippen LogP contribution is -2.28. The molecule has 0 atom stereocenters. The average Bonchev–Trinajstić information content (AvgIpc) is 2.73. The quantitative estimate of drug-likeness (QED) is 0.413. The van der Waals surface area contributed by atoms with Gasteiger partial charge in [-0.05, 0) is 11.5 Å². The zero-order valence-corrected chi connectivity index (χ0v) is 16.5. The summed E-state index contributed by atoms with van der Waals surface area (Å²) in [6.45, 7) is 0. The SMILES string of the molecule is O=P(c1ccccc1)(c1ccccc1)c1ccc2ccccc2c1S(=O)(=O)O. The monoisotopic (exact) mass is 408 g/mol. The lowest BCUT2D eigenvalue weighted by Gasteiger charge is -2.22. The van der Waals surface area contributed by atoms with E-state index >= 15 is 0 Å². The van der Waals surface area contributed by atoms with Gasteiger partial charge in [-0.3, -0.25) is 4.55 Å². The highest BCUT2D eigenvalue weighted by Crippen LogP contribution is 2.45. The molecule has 0 aliphatic heterocycles. The van der Waals surface area contributed by atoms with E-state index in [0.29, 0.717) is 21.4 Å². The van der Waals surface area contributed by atoms with Crippen LogP contribution in [0.5, 0.6) is 0 Å². The fourth-order valence-electron chi connectivity index (χ4n) is 3.45. The van der Waals surface area contributed by atoms with Crippen LogP contribution in [-0.4, -0.2) is 13.0 Å². The van der Waals surface area contributed by atoms with Crippen LogP contribution in [0, 0.1) is 0 Å². The van der Waals surface area contributed by atoms with Crippen LogP contribution >= 0.6 is 7.14 Å². The van der Waals surface area contributed by atoms with Crippen LogP contribution in [0.15, 0.2) is 102 Å². The van der Waals surface area contributed by atoms with E-state index in [4.69, 9.17) is 0 Å². The van der Waals surface area contributed by atoms with Crippen LogP contribution in [0.4, 0.5) is 0 Å². The molecule has 1 N–H and O–H groups in total. The van der Waals surface area contributed by atoms with Gasteiger partial charge >= 0.3 is 0 Å². The van der Waals surface area contributed by atoms with Gasteiger partial charge in [-0.1, -0.05) is 91.0 Å². The molecule has 4 nitrogen and oxygen atoms in total. The van der Waals surface area contributed by atoms with Crippen molar-refractivity contribution in [3.63, 3.8) is 0 Å². The Morgan fingerprint density at radius 3 is 1.68 bits per heavy atom. The molecule has 0 heterocycles. The summed E-state index contributed by atoms with van der Waals surface area (Å²) in [5.74, 6) is 0. The molecule has 140 valence electrons. The highest BCUT2D eigenvalue weighted by Gasteiger charge is 2.35. The van der Waals surface area contributed by atoms with Crippen LogP contribution in [-0.2, 0) is 14.7 Å². The Morgan fingerprint density at radius 1 is 0.643 bits per heavy atom. The van der Waals surface area contributed by atoms with Gasteiger partial charge < -0.3 is 4.57 Å². The third-order valence-electron chi connectivity index (χ3n) is 4.70. The molecule has 0 bridgehead atoms. The van der Waals surface area contributed by atoms with Gasteiger partial charge in [0, 0.05) is 21.3 Å². The lowest BCUT2D eigenvalue weighted by molar-refractivity contribution is 0.484. The Balaban J connectivity index is 2.18. The Kier molecular flexibility index (Phi) is 4.68. The fraction of sp³-hybridized carbons (Fsp3) is 0. The number of hydrogen-bond donors (Lipinski definition) is 1. The molecule has 4 rings (SSSR count). The number of benzene rings is 4. The van der Waals surface area contributed by atoms with E-state index in [1.54, 1.807) is 84.9 Å². The lowest BCUT2D eigenvalue weighted by atomic mass is 10.1. The smallest absolute Gasteiger partial charge is 0.295 e. The maximum atomic E-state index is 14.6. The first kappa shape index (κ1) is 18.6. The van der Waals surface area contributed by atoms with Crippen LogP contribution in [0.25, 0.3) is 10.8 Å². The summed E-state index contributed by atoms with van der Waals surface area (Å²) in [4.78, 5) is -0.304. The summed E-state index contributed by atoms with van der Waals surface area (Å²) < 4.78 is 49.5. The Labute approximate surface area is 163 Å². The Bertz CT molecular complexity index is 1260. The second-order valence-corrected chi connectivity index (χ2v) is 10.5. The van der Waals surface area contributed by atoms with Crippen molar-refractivity contribution in [2.45, 2.75) is 4.90 Å². The maximum absolute atomic E-state index is 14.6. The van der Waals surface area contributed by atoms with E-state index in [0.717, 1.165) is 0 Å². The molecule has 0 radical (unpaired) electrons. The Morgan fingerprint density at radius 2 is 1.14 bits per heavy atom. The van der Waals surface area contributed by atoms with Crippen LogP contribution in [0.3, 0.4) is 0 Å². The summed E-state index contributed by atoms with van der Waals surface area (Å²) in [6, 6.07) is 27.7. The predicted molar refractivity (Wildman–Crippen MR) is 113 cm³/mol. The zero-order valence-electron chi connectivity index (χ0n) is 14.8. The first-order chi connectivity index (χ1) is 13.4. The third-order valence-corrected chi connectivity index (χ3v) is 8.90. The Hall–Kier alpha value is -2.72. The minimum atomic E-state index is -4.63. The molecule has 0 fully saturated rings. The molecule has 6 heteroatoms. The van der Waals surface area contributed by atoms with E-state index in [9.17, 15) is 17.5 Å². The number of fused-ring (bicyclic) bond motifs is 1. The first-order valence-electron chi connectivity index (χ1n) is 8.63. The molecule has 0 amide bonds. The van der Waals surface area contributed by atoms with Crippen LogP contribution in [0.2, 0.25) is 0 Å². The van der Waals surface area contributed by atoms with Gasteiger partial charge in [0.15, 0.2) is 7.14 Å². The van der Waals surface area contributed by atoms with Crippen molar-refractivity contribution >= 4 is 43.9 Å². The zero-order chi connectivity index (χ0) is 19.8. The summed E-state index contributed by atoms with van der Waals surface area (Å²) in [5.41, 5.74) is 0. The standard InChI is InChI=1S/C22H17O4PS/c23-27(18-10-3-1-4-11-18,19-12-5-2-6-13-19)21-16-15-17-9-7-8-14-20(17)22(21)28(24,25)26/h1-16H,(H,24,25,26). The molecule has 0 saturated heterocycles. The second kappa shape index (κ2) is 7.02. The van der Waals surface area contributed by atoms with Gasteiger partial charge in [-0.2, -0.15) is 8.42 Å². The summed E-state index contributed by atoms with van der Waals surface area (Å²) in [7, 11) is -8.19. The largest absolute Gasteiger partial charge is 0.309 e. The van der Waals surface area contributed by atoms with Gasteiger partial charge in [0.1, 0.15) is 4.90 Å². The minimum absolute atomic E-state index is 0.103. The van der Waals surface area contributed by atoms with E-state index in [2.05, 4.69) is 0 Å². The van der Waals surface area contributed by atoms with Crippen molar-refractivity contribution in [2.24, 2.45) is 0 Å². The summed E-state index contributed by atoms with van der Waals surface area (Å²) in [5, 5.41) is 2.09. The summed E-state index contributed by atoms with van der Waals surface area (Å²) >= 11 is 0. The van der Waals surface area contributed by atoms with E-state index in [1.165, 1.54) is 0 Å². The highest BCUT2D eigenvalue weighted by atomic mass is 32.2. The third kappa shape index (κ3) is 3.08. The molecule has 0 saturated carbocycles. The molecular weight excluding hydrogens is 391 g/mol. The van der Waals surface area contributed by atoms with Gasteiger partial charge in [0.2, 0.25) is 0 Å². The predicted octanol–water partition coefficient (Wildman–Crippen LogP) is 3.73. The second-order valence-electron chi connectivity index (χ2n) is 6.39. The fourth-order valence-corrected chi connectivity index (χ4v) is 7.71. The van der Waals surface area contributed by atoms with Crippen molar-refractivity contribution in [2.75, 3.05) is 0 Å². The van der Waals surface area contributed by atoms with Gasteiger partial charge in [-0.15, -0.1) is 0 Å². The van der Waals surface area contributed by atoms with Gasteiger partial charge in [0.05, 0.1) is 0 Å². The van der Waals surface area contributed by atoms with Crippen molar-refractivity contribution in [1.29, 1.82) is 0 Å². The maximum Gasteiger partial charge on any atom is 0.295 e. The van der Waals surface area contributed by atoms with Gasteiger partial charge in [-0.25, -0.2) is 0 Å². The van der Waals surface area contributed by atoms with Crippen LogP contribution in [0.1, 0.15) is 0 Å². The topological polar surface area (TPSA) is 71.4 Å². The molecular formula is C22H17O4PS. The first-order valence-corrected chi connectivity index (χ1v) is 11.8. The van der Waals surface area contributed by atoms with E-state index < -0.39 is 17.3 Å². The van der Waals surface area contributed by atoms with Crippen molar-refractivity contribution in [3.05, 3.63) is 97.1 Å². The van der Waals surface area contributed by atoms with Crippen molar-refractivity contribution in [1.82, 2.24) is 0 Å². The van der Waals surface area contributed by atoms with Gasteiger partial charge in [0.25, 0.3) is 10.1 Å². The molecule has 0 aliphatic rings. The molecule has 0 spiro atoms. The summed E-state index contributed by atoms with van der Waals surface area (Å²) in [6.07, 6.45) is 0. The average molecular weight is 408 g/mol. The molecule has 0 aliphatic carbocycles.